The molecule has 0 fully saturated rings. The zero-order valence-electron chi connectivity index (χ0n) is 22.9. The molecule has 0 unspecified atom stereocenters. The van der Waals surface area contributed by atoms with Crippen LogP contribution in [-0.4, -0.2) is 44.8 Å². The minimum Gasteiger partial charge on any atom is -0.357 e. The number of benzene rings is 4. The van der Waals surface area contributed by atoms with Gasteiger partial charge in [0.2, 0.25) is 11.8 Å². The average Bonchev–Trinajstić information content (AvgIpc) is 2.99. The van der Waals surface area contributed by atoms with E-state index in [1.165, 1.54) is 24.1 Å². The van der Waals surface area contributed by atoms with E-state index in [1.54, 1.807) is 60.7 Å². The van der Waals surface area contributed by atoms with E-state index in [0.717, 1.165) is 21.0 Å². The Bertz CT molecular complexity index is 1580. The van der Waals surface area contributed by atoms with Crippen LogP contribution in [0.5, 0.6) is 0 Å². The fourth-order valence-corrected chi connectivity index (χ4v) is 6.09. The third kappa shape index (κ3) is 7.54. The lowest BCUT2D eigenvalue weighted by molar-refractivity contribution is -0.139. The Labute approximate surface area is 246 Å². The van der Waals surface area contributed by atoms with Crippen molar-refractivity contribution in [3.05, 3.63) is 131 Å². The first-order chi connectivity index (χ1) is 19.7. The quantitative estimate of drug-likeness (QED) is 0.260. The highest BCUT2D eigenvalue weighted by molar-refractivity contribution is 7.92. The van der Waals surface area contributed by atoms with E-state index >= 15 is 0 Å². The lowest BCUT2D eigenvalue weighted by atomic mass is 10.0. The van der Waals surface area contributed by atoms with Crippen molar-refractivity contribution in [3.8, 4) is 0 Å². The van der Waals surface area contributed by atoms with Gasteiger partial charge < -0.3 is 10.2 Å². The Balaban J connectivity index is 1.78. The Hall–Kier alpha value is -4.14. The van der Waals surface area contributed by atoms with Crippen LogP contribution >= 0.6 is 11.6 Å². The van der Waals surface area contributed by atoms with Gasteiger partial charge in [0.25, 0.3) is 10.0 Å². The highest BCUT2D eigenvalue weighted by atomic mass is 35.5. The number of nitrogens with zero attached hydrogens (tertiary/aromatic N) is 2. The molecule has 41 heavy (non-hydrogen) atoms. The molecule has 0 aliphatic carbocycles. The minimum atomic E-state index is -4.12. The van der Waals surface area contributed by atoms with Gasteiger partial charge >= 0.3 is 0 Å². The summed E-state index contributed by atoms with van der Waals surface area (Å²) >= 11 is 6.09. The number of hydrogen-bond acceptors (Lipinski definition) is 4. The van der Waals surface area contributed by atoms with Gasteiger partial charge in [-0.1, -0.05) is 84.4 Å². The lowest BCUT2D eigenvalue weighted by Gasteiger charge is -2.33. The topological polar surface area (TPSA) is 86.8 Å². The van der Waals surface area contributed by atoms with Gasteiger partial charge in [-0.2, -0.15) is 0 Å². The van der Waals surface area contributed by atoms with E-state index in [9.17, 15) is 18.0 Å². The van der Waals surface area contributed by atoms with Crippen LogP contribution in [0.15, 0.2) is 114 Å². The zero-order chi connectivity index (χ0) is 29.4. The van der Waals surface area contributed by atoms with Gasteiger partial charge in [0.15, 0.2) is 0 Å². The van der Waals surface area contributed by atoms with E-state index in [4.69, 9.17) is 11.6 Å². The van der Waals surface area contributed by atoms with Gasteiger partial charge in [-0.15, -0.1) is 0 Å². The summed E-state index contributed by atoms with van der Waals surface area (Å²) in [4.78, 5) is 29.0. The summed E-state index contributed by atoms with van der Waals surface area (Å²) < 4.78 is 28.9. The molecule has 0 aliphatic rings. The minimum absolute atomic E-state index is 0.0608. The molecule has 4 rings (SSSR count). The molecule has 9 heteroatoms. The van der Waals surface area contributed by atoms with E-state index in [2.05, 4.69) is 5.32 Å². The van der Waals surface area contributed by atoms with Crippen molar-refractivity contribution in [1.82, 2.24) is 10.2 Å². The van der Waals surface area contributed by atoms with Gasteiger partial charge in [-0.3, -0.25) is 13.9 Å². The third-order valence-electron chi connectivity index (χ3n) is 6.68. The predicted molar refractivity (Wildman–Crippen MR) is 162 cm³/mol. The van der Waals surface area contributed by atoms with E-state index in [-0.39, 0.29) is 23.8 Å². The van der Waals surface area contributed by atoms with Crippen molar-refractivity contribution in [3.63, 3.8) is 0 Å². The molecular weight excluding hydrogens is 558 g/mol. The normalized spacial score (nSPS) is 11.9. The summed E-state index contributed by atoms with van der Waals surface area (Å²) in [6.45, 7) is 1.43. The Kier molecular flexibility index (Phi) is 9.81. The van der Waals surface area contributed by atoms with E-state index in [1.807, 2.05) is 43.3 Å². The number of likely N-dealkylation sites (N-methyl/N-ethyl adjacent to an activating group) is 1. The molecule has 0 heterocycles. The first-order valence-corrected chi connectivity index (χ1v) is 14.9. The molecule has 0 saturated heterocycles. The summed E-state index contributed by atoms with van der Waals surface area (Å²) in [5, 5.41) is 3.22. The van der Waals surface area contributed by atoms with Crippen molar-refractivity contribution in [2.75, 3.05) is 17.9 Å². The van der Waals surface area contributed by atoms with Gasteiger partial charge in [0, 0.05) is 25.0 Å². The number of nitrogens with one attached hydrogen (secondary N) is 1. The average molecular weight is 590 g/mol. The van der Waals surface area contributed by atoms with Crippen molar-refractivity contribution >= 4 is 39.1 Å². The lowest BCUT2D eigenvalue weighted by Crippen LogP contribution is -2.53. The molecule has 1 atom stereocenters. The van der Waals surface area contributed by atoms with E-state index in [0.29, 0.717) is 10.7 Å². The molecule has 2 amide bonds. The molecule has 0 radical (unpaired) electrons. The number of carbonyl (C=O) groups is 2. The number of halogens is 1. The van der Waals surface area contributed by atoms with Gasteiger partial charge in [0.05, 0.1) is 10.6 Å². The molecular formula is C32H32ClN3O4S. The second-order valence-electron chi connectivity index (χ2n) is 9.63. The summed E-state index contributed by atoms with van der Waals surface area (Å²) in [6.07, 6.45) is 0.246. The third-order valence-corrected chi connectivity index (χ3v) is 8.72. The van der Waals surface area contributed by atoms with Crippen LogP contribution < -0.4 is 9.62 Å². The van der Waals surface area contributed by atoms with Gasteiger partial charge in [-0.25, -0.2) is 8.42 Å². The maximum Gasteiger partial charge on any atom is 0.264 e. The van der Waals surface area contributed by atoms with Crippen molar-refractivity contribution < 1.29 is 18.0 Å². The van der Waals surface area contributed by atoms with Crippen LogP contribution in [0, 0.1) is 6.92 Å². The molecule has 1 N–H and O–H groups in total. The van der Waals surface area contributed by atoms with Crippen LogP contribution in [0.25, 0.3) is 0 Å². The van der Waals surface area contributed by atoms with Gasteiger partial charge in [-0.05, 0) is 60.0 Å². The highest BCUT2D eigenvalue weighted by Crippen LogP contribution is 2.26. The van der Waals surface area contributed by atoms with Crippen LogP contribution in [0.4, 0.5) is 5.69 Å². The molecule has 212 valence electrons. The largest absolute Gasteiger partial charge is 0.357 e. The summed E-state index contributed by atoms with van der Waals surface area (Å²) in [7, 11) is -2.60. The number of carbonyl (C=O) groups excluding carboxylic acids is 2. The number of rotatable bonds is 11. The van der Waals surface area contributed by atoms with Crippen LogP contribution in [0.3, 0.4) is 0 Å². The van der Waals surface area contributed by atoms with E-state index < -0.39 is 28.5 Å². The standard InChI is InChI=1S/C32H32ClN3O4S/c1-24-10-9-13-28(20-24)36(41(39,40)29-14-7-4-8-15-29)23-31(37)35(22-26-16-18-27(33)19-17-26)30(32(38)34-2)21-25-11-5-3-6-12-25/h3-20,30H,21-23H2,1-2H3,(H,34,38)/t30-/m1/s1. The number of hydrogen-bond donors (Lipinski definition) is 1. The maximum absolute atomic E-state index is 14.2. The fraction of sp³-hybridized carbons (Fsp3) is 0.188. The van der Waals surface area contributed by atoms with Crippen molar-refractivity contribution in [1.29, 1.82) is 0 Å². The molecule has 0 bridgehead atoms. The first-order valence-electron chi connectivity index (χ1n) is 13.1. The Morgan fingerprint density at radius 1 is 0.829 bits per heavy atom. The van der Waals surface area contributed by atoms with Crippen LogP contribution in [-0.2, 0) is 32.6 Å². The monoisotopic (exact) mass is 589 g/mol. The van der Waals surface area contributed by atoms with Crippen LogP contribution in [0.1, 0.15) is 16.7 Å². The van der Waals surface area contributed by atoms with Crippen LogP contribution in [0.2, 0.25) is 5.02 Å². The SMILES string of the molecule is CNC(=O)[C@@H](Cc1ccccc1)N(Cc1ccc(Cl)cc1)C(=O)CN(c1cccc(C)c1)S(=O)(=O)c1ccccc1. The smallest absolute Gasteiger partial charge is 0.264 e. The van der Waals surface area contributed by atoms with Gasteiger partial charge in [0.1, 0.15) is 12.6 Å². The molecule has 0 spiro atoms. The summed E-state index contributed by atoms with van der Waals surface area (Å²) in [6, 6.07) is 30.5. The number of sulfonamides is 1. The Morgan fingerprint density at radius 2 is 1.46 bits per heavy atom. The summed E-state index contributed by atoms with van der Waals surface area (Å²) in [5.74, 6) is -0.880. The molecule has 4 aromatic carbocycles. The molecule has 0 saturated carbocycles. The number of amides is 2. The second-order valence-corrected chi connectivity index (χ2v) is 11.9. The molecule has 0 aliphatic heterocycles. The molecule has 0 aromatic heterocycles. The molecule has 7 nitrogen and oxygen atoms in total. The first kappa shape index (κ1) is 29.8. The molecule has 4 aromatic rings. The van der Waals surface area contributed by atoms with Crippen molar-refractivity contribution in [2.45, 2.75) is 30.8 Å². The summed E-state index contributed by atoms with van der Waals surface area (Å²) in [5.41, 5.74) is 2.81. The number of anilines is 1. The maximum atomic E-state index is 14.2. The second kappa shape index (κ2) is 13.5. The number of aryl methyl sites for hydroxylation is 1. The predicted octanol–water partition coefficient (Wildman–Crippen LogP) is 5.23. The highest BCUT2D eigenvalue weighted by Gasteiger charge is 2.34. The van der Waals surface area contributed by atoms with Crippen molar-refractivity contribution in [2.24, 2.45) is 0 Å². The fourth-order valence-electron chi connectivity index (χ4n) is 4.54. The zero-order valence-corrected chi connectivity index (χ0v) is 24.5. The Morgan fingerprint density at radius 3 is 2.07 bits per heavy atom.